The van der Waals surface area contributed by atoms with Crippen LogP contribution in [0.3, 0.4) is 0 Å². The van der Waals surface area contributed by atoms with Gasteiger partial charge in [0.25, 0.3) is 0 Å². The number of aryl methyl sites for hydroxylation is 2. The van der Waals surface area contributed by atoms with Gasteiger partial charge in [0.15, 0.2) is 0 Å². The van der Waals surface area contributed by atoms with Crippen LogP contribution in [0.15, 0.2) is 33.7 Å². The van der Waals surface area contributed by atoms with Crippen molar-refractivity contribution in [3.05, 3.63) is 46.8 Å². The summed E-state index contributed by atoms with van der Waals surface area (Å²) in [6.45, 7) is 4.28. The molecular weight excluding hydrogens is 360 g/mol. The Morgan fingerprint density at radius 3 is 2.33 bits per heavy atom. The summed E-state index contributed by atoms with van der Waals surface area (Å²) < 4.78 is 33.6. The maximum atomic E-state index is 13.3. The molecule has 1 saturated heterocycles. The van der Waals surface area contributed by atoms with Gasteiger partial charge in [0, 0.05) is 12.1 Å². The molecule has 2 aromatic rings. The van der Waals surface area contributed by atoms with Crippen molar-refractivity contribution >= 4 is 10.0 Å². The van der Waals surface area contributed by atoms with E-state index in [1.807, 2.05) is 26.0 Å². The van der Waals surface area contributed by atoms with Crippen LogP contribution in [0, 0.1) is 13.8 Å². The lowest BCUT2D eigenvalue weighted by Crippen LogP contribution is -2.31. The molecule has 0 N–H and O–H groups in total. The normalized spacial score (nSPS) is 22.4. The topological polar surface area (TPSA) is 63.4 Å². The Balaban J connectivity index is 1.60. The second-order valence-electron chi connectivity index (χ2n) is 7.92. The predicted octanol–water partition coefficient (Wildman–Crippen LogP) is 4.86. The third kappa shape index (κ3) is 3.45. The Kier molecular flexibility index (Phi) is 5.12. The molecule has 2 heterocycles. The molecule has 2 fully saturated rings. The van der Waals surface area contributed by atoms with E-state index in [4.69, 9.17) is 4.52 Å². The lowest BCUT2D eigenvalue weighted by Gasteiger charge is -2.25. The average Bonchev–Trinajstić information content (AvgIpc) is 3.29. The van der Waals surface area contributed by atoms with Gasteiger partial charge < -0.3 is 4.52 Å². The van der Waals surface area contributed by atoms with Crippen LogP contribution in [-0.2, 0) is 10.0 Å². The smallest absolute Gasteiger partial charge is 0.243 e. The minimum atomic E-state index is -3.53. The number of hydrogen-bond acceptors (Lipinski definition) is 4. The summed E-state index contributed by atoms with van der Waals surface area (Å²) in [6.07, 6.45) is 7.96. The first-order valence-corrected chi connectivity index (χ1v) is 11.5. The van der Waals surface area contributed by atoms with Crippen LogP contribution >= 0.6 is 0 Å². The highest BCUT2D eigenvalue weighted by molar-refractivity contribution is 7.89. The molecule has 27 heavy (non-hydrogen) atoms. The molecule has 1 atom stereocenters. The van der Waals surface area contributed by atoms with Crippen LogP contribution in [0.5, 0.6) is 0 Å². The Bertz CT molecular complexity index is 877. The van der Waals surface area contributed by atoms with Crippen molar-refractivity contribution in [2.75, 3.05) is 6.54 Å². The van der Waals surface area contributed by atoms with Crippen molar-refractivity contribution in [2.24, 2.45) is 0 Å². The van der Waals surface area contributed by atoms with Crippen molar-refractivity contribution in [1.82, 2.24) is 9.46 Å². The number of rotatable bonds is 4. The van der Waals surface area contributed by atoms with E-state index in [0.717, 1.165) is 24.1 Å². The third-order valence-corrected chi connectivity index (χ3v) is 8.11. The number of sulfonamides is 1. The first-order valence-electron chi connectivity index (χ1n) is 10.0. The standard InChI is InChI=1S/C21H28N2O3S/c1-15-21(16(2)26-22-15)20-9-6-14-23(20)27(24,25)19-12-10-18(11-13-19)17-7-4-3-5-8-17/h10-13,17,20H,3-9,14H2,1-2H3/t20-/m0/s1. The quantitative estimate of drug-likeness (QED) is 0.750. The highest BCUT2D eigenvalue weighted by Gasteiger charge is 2.38. The van der Waals surface area contributed by atoms with Crippen molar-refractivity contribution < 1.29 is 12.9 Å². The molecule has 1 saturated carbocycles. The van der Waals surface area contributed by atoms with E-state index in [0.29, 0.717) is 23.1 Å². The fraction of sp³-hybridized carbons (Fsp3) is 0.571. The highest BCUT2D eigenvalue weighted by atomic mass is 32.2. The average molecular weight is 389 g/mol. The summed E-state index contributed by atoms with van der Waals surface area (Å²) in [7, 11) is -3.53. The molecule has 6 heteroatoms. The van der Waals surface area contributed by atoms with Crippen LogP contribution in [0.1, 0.15) is 79.5 Å². The number of benzene rings is 1. The second-order valence-corrected chi connectivity index (χ2v) is 9.81. The van der Waals surface area contributed by atoms with E-state index in [2.05, 4.69) is 5.16 Å². The van der Waals surface area contributed by atoms with Crippen molar-refractivity contribution in [1.29, 1.82) is 0 Å². The van der Waals surface area contributed by atoms with Crippen LogP contribution in [0.25, 0.3) is 0 Å². The first-order chi connectivity index (χ1) is 13.0. The first kappa shape index (κ1) is 18.7. The lowest BCUT2D eigenvalue weighted by molar-refractivity contribution is 0.376. The van der Waals surface area contributed by atoms with Crippen LogP contribution in [0.2, 0.25) is 0 Å². The molecule has 0 bridgehead atoms. The molecule has 0 radical (unpaired) electrons. The van der Waals surface area contributed by atoms with Gasteiger partial charge in [0.05, 0.1) is 16.6 Å². The fourth-order valence-electron chi connectivity index (χ4n) is 4.77. The summed E-state index contributed by atoms with van der Waals surface area (Å²) in [6, 6.07) is 7.44. The second kappa shape index (κ2) is 7.40. The largest absolute Gasteiger partial charge is 0.361 e. The van der Waals surface area contributed by atoms with Crippen molar-refractivity contribution in [2.45, 2.75) is 75.6 Å². The van der Waals surface area contributed by atoms with Gasteiger partial charge in [-0.2, -0.15) is 4.31 Å². The fourth-order valence-corrected chi connectivity index (χ4v) is 6.43. The zero-order valence-electron chi connectivity index (χ0n) is 16.1. The van der Waals surface area contributed by atoms with Gasteiger partial charge >= 0.3 is 0 Å². The highest BCUT2D eigenvalue weighted by Crippen LogP contribution is 2.39. The molecule has 1 aromatic carbocycles. The van der Waals surface area contributed by atoms with Crippen LogP contribution < -0.4 is 0 Å². The van der Waals surface area contributed by atoms with Gasteiger partial charge in [0.2, 0.25) is 10.0 Å². The minimum absolute atomic E-state index is 0.181. The number of nitrogens with zero attached hydrogens (tertiary/aromatic N) is 2. The predicted molar refractivity (Wildman–Crippen MR) is 104 cm³/mol. The molecule has 0 spiro atoms. The van der Waals surface area contributed by atoms with E-state index >= 15 is 0 Å². The molecule has 2 aliphatic rings. The Morgan fingerprint density at radius 2 is 1.70 bits per heavy atom. The summed E-state index contributed by atoms with van der Waals surface area (Å²) in [4.78, 5) is 0.390. The Morgan fingerprint density at radius 1 is 1.00 bits per heavy atom. The Labute approximate surface area is 161 Å². The maximum absolute atomic E-state index is 13.3. The minimum Gasteiger partial charge on any atom is -0.361 e. The van der Waals surface area contributed by atoms with Gasteiger partial charge in [-0.3, -0.25) is 0 Å². The molecule has 1 aliphatic carbocycles. The van der Waals surface area contributed by atoms with Crippen LogP contribution in [-0.4, -0.2) is 24.4 Å². The van der Waals surface area contributed by atoms with E-state index in [1.54, 1.807) is 16.4 Å². The third-order valence-electron chi connectivity index (χ3n) is 6.19. The monoisotopic (exact) mass is 388 g/mol. The van der Waals surface area contributed by atoms with Crippen molar-refractivity contribution in [3.63, 3.8) is 0 Å². The molecule has 4 rings (SSSR count). The number of aromatic nitrogens is 1. The van der Waals surface area contributed by atoms with Gasteiger partial charge in [-0.1, -0.05) is 36.6 Å². The van der Waals surface area contributed by atoms with Gasteiger partial charge in [-0.25, -0.2) is 8.42 Å². The Hall–Kier alpha value is -1.66. The number of hydrogen-bond donors (Lipinski definition) is 0. The maximum Gasteiger partial charge on any atom is 0.243 e. The molecule has 5 nitrogen and oxygen atoms in total. The van der Waals surface area contributed by atoms with Gasteiger partial charge in [-0.15, -0.1) is 0 Å². The zero-order chi connectivity index (χ0) is 19.0. The SMILES string of the molecule is Cc1noc(C)c1[C@@H]1CCCN1S(=O)(=O)c1ccc(C2CCCCC2)cc1. The molecule has 146 valence electrons. The summed E-state index contributed by atoms with van der Waals surface area (Å²) in [5, 5.41) is 4.02. The van der Waals surface area contributed by atoms with Crippen molar-refractivity contribution in [3.8, 4) is 0 Å². The van der Waals surface area contributed by atoms with E-state index < -0.39 is 10.0 Å². The summed E-state index contributed by atoms with van der Waals surface area (Å²) in [5.41, 5.74) is 2.99. The molecular formula is C21H28N2O3S. The zero-order valence-corrected chi connectivity index (χ0v) is 17.0. The molecule has 0 amide bonds. The molecule has 1 aromatic heterocycles. The summed E-state index contributed by atoms with van der Waals surface area (Å²) >= 11 is 0. The van der Waals surface area contributed by atoms with E-state index in [-0.39, 0.29) is 6.04 Å². The van der Waals surface area contributed by atoms with Gasteiger partial charge in [-0.05, 0) is 63.1 Å². The van der Waals surface area contributed by atoms with E-state index in [1.165, 1.54) is 37.7 Å². The molecule has 0 unspecified atom stereocenters. The van der Waals surface area contributed by atoms with Crippen LogP contribution in [0.4, 0.5) is 0 Å². The van der Waals surface area contributed by atoms with Gasteiger partial charge in [0.1, 0.15) is 5.76 Å². The lowest BCUT2D eigenvalue weighted by atomic mass is 9.84. The van der Waals surface area contributed by atoms with E-state index in [9.17, 15) is 8.42 Å². The summed E-state index contributed by atoms with van der Waals surface area (Å²) in [5.74, 6) is 1.30. The molecule has 1 aliphatic heterocycles.